The Morgan fingerprint density at radius 2 is 2.05 bits per heavy atom. The molecule has 0 bridgehead atoms. The van der Waals surface area contributed by atoms with Crippen molar-refractivity contribution in [3.05, 3.63) is 66.2 Å². The highest BCUT2D eigenvalue weighted by molar-refractivity contribution is 5.52. The molecule has 19 heavy (non-hydrogen) atoms. The highest BCUT2D eigenvalue weighted by Crippen LogP contribution is 2.16. The van der Waals surface area contributed by atoms with E-state index in [2.05, 4.69) is 27.6 Å². The molecule has 3 nitrogen and oxygen atoms in total. The van der Waals surface area contributed by atoms with E-state index in [1.165, 1.54) is 11.1 Å². The van der Waals surface area contributed by atoms with Crippen molar-refractivity contribution in [1.29, 1.82) is 0 Å². The molecule has 0 radical (unpaired) electrons. The third kappa shape index (κ3) is 2.45. The standard InChI is InChI=1S/C16H16N2O/c1-19-14-5-2-4-13(12-14)7-8-15-16-6-3-10-18(16)11-9-17-15/h2-6,9-12H,7-8H2,1H3. The first-order chi connectivity index (χ1) is 9.36. The number of nitrogens with zero attached hydrogens (tertiary/aromatic N) is 2. The second-order valence-corrected chi connectivity index (χ2v) is 4.53. The van der Waals surface area contributed by atoms with Gasteiger partial charge < -0.3 is 9.14 Å². The maximum absolute atomic E-state index is 5.24. The molecule has 0 atom stereocenters. The molecule has 0 saturated carbocycles. The van der Waals surface area contributed by atoms with Gasteiger partial charge in [-0.3, -0.25) is 4.98 Å². The van der Waals surface area contributed by atoms with Crippen LogP contribution in [0.2, 0.25) is 0 Å². The monoisotopic (exact) mass is 252 g/mol. The van der Waals surface area contributed by atoms with Crippen LogP contribution in [-0.4, -0.2) is 16.5 Å². The Labute approximate surface area is 112 Å². The molecule has 0 spiro atoms. The zero-order chi connectivity index (χ0) is 13.1. The van der Waals surface area contributed by atoms with Crippen molar-refractivity contribution in [3.8, 4) is 5.75 Å². The molecule has 96 valence electrons. The number of benzene rings is 1. The predicted molar refractivity (Wildman–Crippen MR) is 75.6 cm³/mol. The van der Waals surface area contributed by atoms with Gasteiger partial charge in [-0.1, -0.05) is 12.1 Å². The normalized spacial score (nSPS) is 10.8. The SMILES string of the molecule is COc1cccc(CCc2nccn3cccc23)c1. The highest BCUT2D eigenvalue weighted by atomic mass is 16.5. The van der Waals surface area contributed by atoms with E-state index in [-0.39, 0.29) is 0 Å². The maximum atomic E-state index is 5.24. The van der Waals surface area contributed by atoms with Crippen molar-refractivity contribution < 1.29 is 4.74 Å². The average Bonchev–Trinajstić information content (AvgIpc) is 2.94. The van der Waals surface area contributed by atoms with Gasteiger partial charge in [0.2, 0.25) is 0 Å². The molecule has 2 heterocycles. The van der Waals surface area contributed by atoms with Crippen LogP contribution in [0.4, 0.5) is 0 Å². The Balaban J connectivity index is 1.80. The number of aryl methyl sites for hydroxylation is 2. The first-order valence-electron chi connectivity index (χ1n) is 6.40. The van der Waals surface area contributed by atoms with Gasteiger partial charge in [-0.25, -0.2) is 0 Å². The van der Waals surface area contributed by atoms with Crippen LogP contribution in [0, 0.1) is 0 Å². The number of hydrogen-bond acceptors (Lipinski definition) is 2. The quantitative estimate of drug-likeness (QED) is 0.713. The molecule has 0 saturated heterocycles. The van der Waals surface area contributed by atoms with Crippen LogP contribution in [-0.2, 0) is 12.8 Å². The summed E-state index contributed by atoms with van der Waals surface area (Å²) in [4.78, 5) is 4.48. The van der Waals surface area contributed by atoms with Crippen LogP contribution in [0.5, 0.6) is 5.75 Å². The first-order valence-corrected chi connectivity index (χ1v) is 6.40. The van der Waals surface area contributed by atoms with Crippen molar-refractivity contribution in [3.63, 3.8) is 0 Å². The fourth-order valence-electron chi connectivity index (χ4n) is 2.31. The Bertz CT molecular complexity index is 688. The van der Waals surface area contributed by atoms with Crippen LogP contribution >= 0.6 is 0 Å². The smallest absolute Gasteiger partial charge is 0.119 e. The minimum Gasteiger partial charge on any atom is -0.497 e. The van der Waals surface area contributed by atoms with Crippen LogP contribution < -0.4 is 4.74 Å². The molecular weight excluding hydrogens is 236 g/mol. The van der Waals surface area contributed by atoms with Crippen molar-refractivity contribution in [2.75, 3.05) is 7.11 Å². The number of ether oxygens (including phenoxy) is 1. The lowest BCUT2D eigenvalue weighted by Crippen LogP contribution is -1.98. The minimum atomic E-state index is 0.909. The summed E-state index contributed by atoms with van der Waals surface area (Å²) in [5.74, 6) is 0.909. The molecule has 0 amide bonds. The summed E-state index contributed by atoms with van der Waals surface area (Å²) in [5, 5.41) is 0. The molecule has 0 fully saturated rings. The topological polar surface area (TPSA) is 26.5 Å². The molecule has 0 unspecified atom stereocenters. The molecule has 0 aliphatic heterocycles. The third-order valence-corrected chi connectivity index (χ3v) is 3.32. The molecule has 3 heteroatoms. The molecule has 2 aromatic heterocycles. The van der Waals surface area contributed by atoms with Gasteiger partial charge >= 0.3 is 0 Å². The lowest BCUT2D eigenvalue weighted by molar-refractivity contribution is 0.414. The summed E-state index contributed by atoms with van der Waals surface area (Å²) in [7, 11) is 1.70. The summed E-state index contributed by atoms with van der Waals surface area (Å²) in [6.07, 6.45) is 7.78. The van der Waals surface area contributed by atoms with Crippen LogP contribution in [0.3, 0.4) is 0 Å². The van der Waals surface area contributed by atoms with Gasteiger partial charge in [0.25, 0.3) is 0 Å². The molecule has 3 aromatic rings. The Morgan fingerprint density at radius 3 is 2.95 bits per heavy atom. The number of methoxy groups -OCH3 is 1. The summed E-state index contributed by atoms with van der Waals surface area (Å²) >= 11 is 0. The molecule has 0 aliphatic carbocycles. The summed E-state index contributed by atoms with van der Waals surface area (Å²) in [5.41, 5.74) is 3.59. The van der Waals surface area contributed by atoms with E-state index < -0.39 is 0 Å². The Hall–Kier alpha value is -2.29. The van der Waals surface area contributed by atoms with E-state index in [1.807, 2.05) is 36.8 Å². The number of rotatable bonds is 4. The lowest BCUT2D eigenvalue weighted by Gasteiger charge is -2.06. The Morgan fingerprint density at radius 1 is 1.11 bits per heavy atom. The minimum absolute atomic E-state index is 0.909. The van der Waals surface area contributed by atoms with E-state index in [0.29, 0.717) is 0 Å². The number of aromatic nitrogens is 2. The van der Waals surface area contributed by atoms with Crippen molar-refractivity contribution in [1.82, 2.24) is 9.38 Å². The van der Waals surface area contributed by atoms with Crippen LogP contribution in [0.25, 0.3) is 5.52 Å². The van der Waals surface area contributed by atoms with E-state index in [0.717, 1.165) is 24.3 Å². The van der Waals surface area contributed by atoms with E-state index in [1.54, 1.807) is 7.11 Å². The molecule has 3 rings (SSSR count). The van der Waals surface area contributed by atoms with E-state index in [9.17, 15) is 0 Å². The van der Waals surface area contributed by atoms with Crippen LogP contribution in [0.1, 0.15) is 11.3 Å². The van der Waals surface area contributed by atoms with Gasteiger partial charge in [0, 0.05) is 18.6 Å². The lowest BCUT2D eigenvalue weighted by atomic mass is 10.1. The van der Waals surface area contributed by atoms with Crippen LogP contribution in [0.15, 0.2) is 55.0 Å². The van der Waals surface area contributed by atoms with Gasteiger partial charge in [-0.05, 0) is 42.7 Å². The molecule has 0 N–H and O–H groups in total. The second-order valence-electron chi connectivity index (χ2n) is 4.53. The highest BCUT2D eigenvalue weighted by Gasteiger charge is 2.03. The van der Waals surface area contributed by atoms with Gasteiger partial charge in [0.1, 0.15) is 5.75 Å². The summed E-state index contributed by atoms with van der Waals surface area (Å²) in [6.45, 7) is 0. The average molecular weight is 252 g/mol. The van der Waals surface area contributed by atoms with Crippen molar-refractivity contribution in [2.24, 2.45) is 0 Å². The summed E-state index contributed by atoms with van der Waals surface area (Å²) in [6, 6.07) is 12.4. The molecular formula is C16H16N2O. The predicted octanol–water partition coefficient (Wildman–Crippen LogP) is 3.13. The van der Waals surface area contributed by atoms with Gasteiger partial charge in [-0.15, -0.1) is 0 Å². The largest absolute Gasteiger partial charge is 0.497 e. The van der Waals surface area contributed by atoms with Gasteiger partial charge in [-0.2, -0.15) is 0 Å². The van der Waals surface area contributed by atoms with Gasteiger partial charge in [0.15, 0.2) is 0 Å². The third-order valence-electron chi connectivity index (χ3n) is 3.32. The zero-order valence-corrected chi connectivity index (χ0v) is 10.9. The number of hydrogen-bond donors (Lipinski definition) is 0. The summed E-state index contributed by atoms with van der Waals surface area (Å²) < 4.78 is 7.35. The van der Waals surface area contributed by atoms with E-state index in [4.69, 9.17) is 4.74 Å². The number of fused-ring (bicyclic) bond motifs is 1. The fraction of sp³-hybridized carbons (Fsp3) is 0.188. The maximum Gasteiger partial charge on any atom is 0.119 e. The first kappa shape index (κ1) is 11.8. The zero-order valence-electron chi connectivity index (χ0n) is 10.9. The Kier molecular flexibility index (Phi) is 3.19. The van der Waals surface area contributed by atoms with Crippen molar-refractivity contribution in [2.45, 2.75) is 12.8 Å². The van der Waals surface area contributed by atoms with E-state index >= 15 is 0 Å². The molecule has 1 aromatic carbocycles. The van der Waals surface area contributed by atoms with Gasteiger partial charge in [0.05, 0.1) is 18.3 Å². The second kappa shape index (κ2) is 5.14. The molecule has 0 aliphatic rings. The van der Waals surface area contributed by atoms with Crippen molar-refractivity contribution >= 4 is 5.52 Å². The fourth-order valence-corrected chi connectivity index (χ4v) is 2.31.